The molecule has 88 valence electrons. The molecule has 2 aromatic rings. The quantitative estimate of drug-likeness (QED) is 0.924. The maximum atomic E-state index is 5.57. The van der Waals surface area contributed by atoms with E-state index in [-0.39, 0.29) is 0 Å². The molecule has 1 saturated heterocycles. The van der Waals surface area contributed by atoms with Crippen molar-refractivity contribution in [3.8, 4) is 11.3 Å². The average Bonchev–Trinajstić information content (AvgIpc) is 3.00. The molecule has 1 unspecified atom stereocenters. The van der Waals surface area contributed by atoms with Crippen LogP contribution in [0.2, 0.25) is 0 Å². The van der Waals surface area contributed by atoms with E-state index in [1.54, 1.807) is 6.26 Å². The van der Waals surface area contributed by atoms with Gasteiger partial charge in [0.15, 0.2) is 5.89 Å². The fourth-order valence-corrected chi connectivity index (χ4v) is 2.36. The van der Waals surface area contributed by atoms with E-state index in [9.17, 15) is 0 Å². The number of hydrogen-bond acceptors (Lipinski definition) is 3. The monoisotopic (exact) mass is 292 g/mol. The van der Waals surface area contributed by atoms with Gasteiger partial charge in [0.05, 0.1) is 0 Å². The Hall–Kier alpha value is -1.13. The molecule has 1 fully saturated rings. The van der Waals surface area contributed by atoms with E-state index in [4.69, 9.17) is 4.42 Å². The summed E-state index contributed by atoms with van der Waals surface area (Å²) in [5, 5.41) is 3.32. The van der Waals surface area contributed by atoms with Crippen molar-refractivity contribution >= 4 is 15.9 Å². The van der Waals surface area contributed by atoms with Crippen molar-refractivity contribution < 1.29 is 4.42 Å². The molecule has 1 atom stereocenters. The molecule has 1 aromatic carbocycles. The fraction of sp³-hybridized carbons (Fsp3) is 0.308. The molecule has 2 heterocycles. The van der Waals surface area contributed by atoms with Gasteiger partial charge in [0, 0.05) is 22.5 Å². The molecule has 1 aliphatic rings. The fourth-order valence-electron chi connectivity index (χ4n) is 2.09. The van der Waals surface area contributed by atoms with Gasteiger partial charge in [-0.3, -0.25) is 0 Å². The standard InChI is InChI=1S/C13H13BrN2O/c14-11-3-1-9(2-4-11)12-8-17-13(16-12)10-5-6-15-7-10/h1-4,8,10,15H,5-7H2. The zero-order chi connectivity index (χ0) is 11.7. The van der Waals surface area contributed by atoms with Crippen molar-refractivity contribution in [2.75, 3.05) is 13.1 Å². The minimum Gasteiger partial charge on any atom is -0.448 e. The van der Waals surface area contributed by atoms with Gasteiger partial charge in [-0.2, -0.15) is 0 Å². The molecular weight excluding hydrogens is 280 g/mol. The lowest BCUT2D eigenvalue weighted by Crippen LogP contribution is -2.08. The first-order valence-electron chi connectivity index (χ1n) is 5.75. The molecule has 1 aliphatic heterocycles. The Morgan fingerprint density at radius 1 is 1.29 bits per heavy atom. The summed E-state index contributed by atoms with van der Waals surface area (Å²) in [6, 6.07) is 8.11. The summed E-state index contributed by atoms with van der Waals surface area (Å²) in [5.74, 6) is 1.28. The van der Waals surface area contributed by atoms with Crippen LogP contribution in [-0.2, 0) is 0 Å². The summed E-state index contributed by atoms with van der Waals surface area (Å²) < 4.78 is 6.64. The van der Waals surface area contributed by atoms with Crippen LogP contribution in [0.5, 0.6) is 0 Å². The predicted molar refractivity (Wildman–Crippen MR) is 69.9 cm³/mol. The molecular formula is C13H13BrN2O. The SMILES string of the molecule is Brc1ccc(-c2coc(C3CCNC3)n2)cc1. The molecule has 0 amide bonds. The molecule has 3 nitrogen and oxygen atoms in total. The average molecular weight is 293 g/mol. The Balaban J connectivity index is 1.86. The molecule has 0 saturated carbocycles. The Morgan fingerprint density at radius 3 is 2.82 bits per heavy atom. The second kappa shape index (κ2) is 4.63. The molecule has 0 spiro atoms. The van der Waals surface area contributed by atoms with E-state index in [0.717, 1.165) is 41.1 Å². The van der Waals surface area contributed by atoms with Crippen molar-refractivity contribution in [3.05, 3.63) is 40.9 Å². The van der Waals surface area contributed by atoms with Gasteiger partial charge in [0.25, 0.3) is 0 Å². The number of nitrogens with one attached hydrogen (secondary N) is 1. The van der Waals surface area contributed by atoms with Crippen LogP contribution in [-0.4, -0.2) is 18.1 Å². The molecule has 3 rings (SSSR count). The van der Waals surface area contributed by atoms with Gasteiger partial charge >= 0.3 is 0 Å². The van der Waals surface area contributed by atoms with E-state index in [1.807, 2.05) is 24.3 Å². The molecule has 1 N–H and O–H groups in total. The highest BCUT2D eigenvalue weighted by Gasteiger charge is 2.21. The molecule has 0 aliphatic carbocycles. The third kappa shape index (κ3) is 2.28. The Bertz CT molecular complexity index is 500. The molecule has 4 heteroatoms. The van der Waals surface area contributed by atoms with Crippen LogP contribution in [0.25, 0.3) is 11.3 Å². The van der Waals surface area contributed by atoms with Crippen molar-refractivity contribution in [2.45, 2.75) is 12.3 Å². The lowest BCUT2D eigenvalue weighted by molar-refractivity contribution is 0.457. The van der Waals surface area contributed by atoms with Gasteiger partial charge in [-0.1, -0.05) is 28.1 Å². The number of hydrogen-bond donors (Lipinski definition) is 1. The van der Waals surface area contributed by atoms with Gasteiger partial charge in [-0.25, -0.2) is 4.98 Å². The topological polar surface area (TPSA) is 38.1 Å². The van der Waals surface area contributed by atoms with E-state index < -0.39 is 0 Å². The summed E-state index contributed by atoms with van der Waals surface area (Å²) in [6.45, 7) is 2.03. The third-order valence-corrected chi connectivity index (χ3v) is 3.60. The lowest BCUT2D eigenvalue weighted by Gasteiger charge is -2.00. The molecule has 17 heavy (non-hydrogen) atoms. The van der Waals surface area contributed by atoms with Gasteiger partial charge in [0.1, 0.15) is 12.0 Å². The van der Waals surface area contributed by atoms with E-state index in [1.165, 1.54) is 0 Å². The first kappa shape index (κ1) is 11.0. The first-order chi connectivity index (χ1) is 8.33. The van der Waals surface area contributed by atoms with Crippen LogP contribution in [0.15, 0.2) is 39.4 Å². The van der Waals surface area contributed by atoms with E-state index in [2.05, 4.69) is 26.2 Å². The maximum absolute atomic E-state index is 5.57. The van der Waals surface area contributed by atoms with Gasteiger partial charge in [0.2, 0.25) is 0 Å². The minimum atomic E-state index is 0.430. The Morgan fingerprint density at radius 2 is 2.12 bits per heavy atom. The molecule has 0 radical (unpaired) electrons. The highest BCUT2D eigenvalue weighted by molar-refractivity contribution is 9.10. The second-order valence-corrected chi connectivity index (χ2v) is 5.18. The van der Waals surface area contributed by atoms with Crippen molar-refractivity contribution in [1.29, 1.82) is 0 Å². The third-order valence-electron chi connectivity index (χ3n) is 3.07. The van der Waals surface area contributed by atoms with Crippen LogP contribution >= 0.6 is 15.9 Å². The number of oxazole rings is 1. The van der Waals surface area contributed by atoms with Crippen LogP contribution < -0.4 is 5.32 Å². The zero-order valence-electron chi connectivity index (χ0n) is 9.32. The predicted octanol–water partition coefficient (Wildman–Crippen LogP) is 3.18. The zero-order valence-corrected chi connectivity index (χ0v) is 10.9. The van der Waals surface area contributed by atoms with Gasteiger partial charge in [-0.05, 0) is 25.1 Å². The molecule has 1 aromatic heterocycles. The van der Waals surface area contributed by atoms with E-state index >= 15 is 0 Å². The largest absolute Gasteiger partial charge is 0.448 e. The highest BCUT2D eigenvalue weighted by atomic mass is 79.9. The van der Waals surface area contributed by atoms with Crippen molar-refractivity contribution in [3.63, 3.8) is 0 Å². The van der Waals surface area contributed by atoms with Crippen LogP contribution in [0.1, 0.15) is 18.2 Å². The Kier molecular flexibility index (Phi) is 2.99. The number of nitrogens with zero attached hydrogens (tertiary/aromatic N) is 1. The summed E-state index contributed by atoms with van der Waals surface area (Å²) in [5.41, 5.74) is 2.01. The summed E-state index contributed by atoms with van der Waals surface area (Å²) >= 11 is 3.42. The number of halogens is 1. The number of rotatable bonds is 2. The maximum Gasteiger partial charge on any atom is 0.199 e. The van der Waals surface area contributed by atoms with Crippen LogP contribution in [0.4, 0.5) is 0 Å². The van der Waals surface area contributed by atoms with Gasteiger partial charge in [-0.15, -0.1) is 0 Å². The number of benzene rings is 1. The van der Waals surface area contributed by atoms with E-state index in [0.29, 0.717) is 5.92 Å². The van der Waals surface area contributed by atoms with Crippen LogP contribution in [0, 0.1) is 0 Å². The summed E-state index contributed by atoms with van der Waals surface area (Å²) in [6.07, 6.45) is 2.86. The minimum absolute atomic E-state index is 0.430. The smallest absolute Gasteiger partial charge is 0.199 e. The molecule has 0 bridgehead atoms. The van der Waals surface area contributed by atoms with Crippen LogP contribution in [0.3, 0.4) is 0 Å². The van der Waals surface area contributed by atoms with Gasteiger partial charge < -0.3 is 9.73 Å². The second-order valence-electron chi connectivity index (χ2n) is 4.27. The summed E-state index contributed by atoms with van der Waals surface area (Å²) in [7, 11) is 0. The Labute approximate surface area is 108 Å². The normalized spacial score (nSPS) is 19.7. The highest BCUT2D eigenvalue weighted by Crippen LogP contribution is 2.26. The first-order valence-corrected chi connectivity index (χ1v) is 6.54. The van der Waals surface area contributed by atoms with Crippen molar-refractivity contribution in [1.82, 2.24) is 10.3 Å². The van der Waals surface area contributed by atoms with Crippen molar-refractivity contribution in [2.24, 2.45) is 0 Å². The number of aromatic nitrogens is 1. The summed E-state index contributed by atoms with van der Waals surface area (Å²) in [4.78, 5) is 4.57. The lowest BCUT2D eigenvalue weighted by atomic mass is 10.1.